The van der Waals surface area contributed by atoms with Crippen molar-refractivity contribution in [1.29, 1.82) is 0 Å². The Kier molecular flexibility index (Phi) is 4.84. The Hall–Kier alpha value is -2.68. The number of hydrogen-bond acceptors (Lipinski definition) is 4. The Balaban J connectivity index is 1.92. The first-order chi connectivity index (χ1) is 12.0. The summed E-state index contributed by atoms with van der Waals surface area (Å²) in [4.78, 5) is 22.4. The summed E-state index contributed by atoms with van der Waals surface area (Å²) < 4.78 is 7.30. The van der Waals surface area contributed by atoms with E-state index in [9.17, 15) is 9.59 Å². The number of carboxylic acid groups (broad SMARTS) is 1. The fraction of sp³-hybridized carbons (Fsp3) is 0.0556. The molecule has 0 aliphatic heterocycles. The summed E-state index contributed by atoms with van der Waals surface area (Å²) in [6, 6.07) is 15.4. The molecule has 7 heteroatoms. The normalized spacial score (nSPS) is 10.5. The fourth-order valence-electron chi connectivity index (χ4n) is 2.32. The molecule has 25 heavy (non-hydrogen) atoms. The predicted molar refractivity (Wildman–Crippen MR) is 100 cm³/mol. The number of halogens is 1. The van der Waals surface area contributed by atoms with E-state index in [0.717, 1.165) is 20.6 Å². The molecule has 3 rings (SSSR count). The van der Waals surface area contributed by atoms with E-state index in [1.54, 1.807) is 41.1 Å². The minimum atomic E-state index is -0.965. The van der Waals surface area contributed by atoms with Gasteiger partial charge in [0.05, 0.1) is 29.6 Å². The van der Waals surface area contributed by atoms with Gasteiger partial charge in [0.25, 0.3) is 0 Å². The molecule has 0 bridgehead atoms. The summed E-state index contributed by atoms with van der Waals surface area (Å²) >= 11 is 2.17. The van der Waals surface area contributed by atoms with E-state index in [1.165, 1.54) is 7.11 Å². The van der Waals surface area contributed by atoms with Crippen molar-refractivity contribution in [3.05, 3.63) is 69.4 Å². The molecule has 0 amide bonds. The molecule has 126 valence electrons. The predicted octanol–water partition coefficient (Wildman–Crippen LogP) is 3.63. The van der Waals surface area contributed by atoms with Gasteiger partial charge in [-0.2, -0.15) is 5.10 Å². The number of carboxylic acids is 1. The van der Waals surface area contributed by atoms with Crippen LogP contribution in [0.15, 0.2) is 54.6 Å². The molecule has 1 N–H and O–H groups in total. The van der Waals surface area contributed by atoms with E-state index >= 15 is 0 Å². The first-order valence-electron chi connectivity index (χ1n) is 7.27. The largest absolute Gasteiger partial charge is 0.478 e. The SMILES string of the molecule is COC(=O)c1ccc(-c2cc(I)n(-c3ccc(C(=O)O)cc3)n2)cc1. The Bertz CT molecular complexity index is 931. The molecule has 0 aliphatic rings. The zero-order valence-corrected chi connectivity index (χ0v) is 15.3. The van der Waals surface area contributed by atoms with E-state index in [2.05, 4.69) is 32.4 Å². The molecule has 0 spiro atoms. The van der Waals surface area contributed by atoms with Gasteiger partial charge in [0.2, 0.25) is 0 Å². The van der Waals surface area contributed by atoms with Crippen molar-refractivity contribution in [1.82, 2.24) is 9.78 Å². The van der Waals surface area contributed by atoms with E-state index in [1.807, 2.05) is 18.2 Å². The van der Waals surface area contributed by atoms with Crippen LogP contribution in [0.1, 0.15) is 20.7 Å². The van der Waals surface area contributed by atoms with Gasteiger partial charge in [-0.15, -0.1) is 0 Å². The van der Waals surface area contributed by atoms with Crippen molar-refractivity contribution in [2.75, 3.05) is 7.11 Å². The lowest BCUT2D eigenvalue weighted by atomic mass is 10.1. The van der Waals surface area contributed by atoms with Gasteiger partial charge in [0.15, 0.2) is 0 Å². The maximum absolute atomic E-state index is 11.5. The van der Waals surface area contributed by atoms with Gasteiger partial charge in [-0.1, -0.05) is 12.1 Å². The number of methoxy groups -OCH3 is 1. The molecule has 0 saturated heterocycles. The Morgan fingerprint density at radius 2 is 1.64 bits per heavy atom. The number of benzene rings is 2. The van der Waals surface area contributed by atoms with Crippen molar-refractivity contribution in [2.24, 2.45) is 0 Å². The van der Waals surface area contributed by atoms with Crippen LogP contribution in [0.2, 0.25) is 0 Å². The summed E-state index contributed by atoms with van der Waals surface area (Å²) in [6.07, 6.45) is 0. The molecular weight excluding hydrogens is 435 g/mol. The quantitative estimate of drug-likeness (QED) is 0.487. The van der Waals surface area contributed by atoms with Crippen LogP contribution in [0.25, 0.3) is 16.9 Å². The molecule has 6 nitrogen and oxygen atoms in total. The Morgan fingerprint density at radius 3 is 2.20 bits per heavy atom. The third-order valence-electron chi connectivity index (χ3n) is 3.63. The van der Waals surface area contributed by atoms with Crippen LogP contribution in [-0.2, 0) is 4.74 Å². The lowest BCUT2D eigenvalue weighted by Gasteiger charge is -2.04. The van der Waals surface area contributed by atoms with Crippen molar-refractivity contribution < 1.29 is 19.4 Å². The van der Waals surface area contributed by atoms with Crippen LogP contribution in [-0.4, -0.2) is 33.9 Å². The van der Waals surface area contributed by atoms with Crippen LogP contribution >= 0.6 is 22.6 Å². The van der Waals surface area contributed by atoms with Crippen LogP contribution in [0, 0.1) is 3.70 Å². The molecule has 1 heterocycles. The van der Waals surface area contributed by atoms with Gasteiger partial charge < -0.3 is 9.84 Å². The minimum absolute atomic E-state index is 0.226. The number of aromatic nitrogens is 2. The molecule has 0 atom stereocenters. The molecular formula is C18H13IN2O4. The van der Waals surface area contributed by atoms with E-state index in [-0.39, 0.29) is 11.5 Å². The summed E-state index contributed by atoms with van der Waals surface area (Å²) in [5, 5.41) is 13.5. The van der Waals surface area contributed by atoms with Gasteiger partial charge in [-0.3, -0.25) is 0 Å². The number of aromatic carboxylic acids is 1. The molecule has 3 aromatic rings. The second-order valence-electron chi connectivity index (χ2n) is 5.19. The first kappa shape index (κ1) is 17.2. The number of hydrogen-bond donors (Lipinski definition) is 1. The highest BCUT2D eigenvalue weighted by atomic mass is 127. The number of rotatable bonds is 4. The highest BCUT2D eigenvalue weighted by molar-refractivity contribution is 14.1. The molecule has 0 fully saturated rings. The van der Waals surface area contributed by atoms with Gasteiger partial charge >= 0.3 is 11.9 Å². The summed E-state index contributed by atoms with van der Waals surface area (Å²) in [5.74, 6) is -1.35. The molecule has 1 aromatic heterocycles. The van der Waals surface area contributed by atoms with Crippen molar-refractivity contribution in [3.63, 3.8) is 0 Å². The lowest BCUT2D eigenvalue weighted by Crippen LogP contribution is -2.01. The topological polar surface area (TPSA) is 81.4 Å². The molecule has 0 unspecified atom stereocenters. The third kappa shape index (κ3) is 3.55. The smallest absolute Gasteiger partial charge is 0.337 e. The fourth-order valence-corrected chi connectivity index (χ4v) is 3.00. The van der Waals surface area contributed by atoms with Gasteiger partial charge in [0.1, 0.15) is 3.70 Å². The number of carbonyl (C=O) groups excluding carboxylic acids is 1. The lowest BCUT2D eigenvalue weighted by molar-refractivity contribution is 0.0600. The highest BCUT2D eigenvalue weighted by Crippen LogP contribution is 2.23. The van der Waals surface area contributed by atoms with Crippen molar-refractivity contribution in [2.45, 2.75) is 0 Å². The molecule has 0 aliphatic carbocycles. The standard InChI is InChI=1S/C18H13IN2O4/c1-25-18(24)13-4-2-11(3-5-13)15-10-16(19)21(20-15)14-8-6-12(7-9-14)17(22)23/h2-10H,1H3,(H,22,23). The maximum atomic E-state index is 11.5. The van der Waals surface area contributed by atoms with Gasteiger partial charge in [0, 0.05) is 5.56 Å². The van der Waals surface area contributed by atoms with Crippen LogP contribution in [0.3, 0.4) is 0 Å². The summed E-state index contributed by atoms with van der Waals surface area (Å²) in [6.45, 7) is 0. The minimum Gasteiger partial charge on any atom is -0.478 e. The average Bonchev–Trinajstić information content (AvgIpc) is 3.03. The molecule has 2 aromatic carbocycles. The number of carbonyl (C=O) groups is 2. The van der Waals surface area contributed by atoms with E-state index in [0.29, 0.717) is 5.56 Å². The molecule has 0 radical (unpaired) electrons. The zero-order valence-electron chi connectivity index (χ0n) is 13.1. The van der Waals surface area contributed by atoms with Gasteiger partial charge in [-0.05, 0) is 65.1 Å². The number of nitrogens with zero attached hydrogens (tertiary/aromatic N) is 2. The monoisotopic (exact) mass is 448 g/mol. The van der Waals surface area contributed by atoms with E-state index in [4.69, 9.17) is 5.11 Å². The third-order valence-corrected chi connectivity index (χ3v) is 4.39. The molecule has 0 saturated carbocycles. The van der Waals surface area contributed by atoms with Crippen LogP contribution in [0.5, 0.6) is 0 Å². The first-order valence-corrected chi connectivity index (χ1v) is 8.35. The highest BCUT2D eigenvalue weighted by Gasteiger charge is 2.11. The maximum Gasteiger partial charge on any atom is 0.337 e. The zero-order chi connectivity index (χ0) is 18.0. The summed E-state index contributed by atoms with van der Waals surface area (Å²) in [7, 11) is 1.34. The summed E-state index contributed by atoms with van der Waals surface area (Å²) in [5.41, 5.74) is 3.09. The second-order valence-corrected chi connectivity index (χ2v) is 6.29. The van der Waals surface area contributed by atoms with Crippen LogP contribution in [0.4, 0.5) is 0 Å². The number of esters is 1. The Morgan fingerprint density at radius 1 is 1.04 bits per heavy atom. The van der Waals surface area contributed by atoms with Crippen molar-refractivity contribution >= 4 is 34.5 Å². The second kappa shape index (κ2) is 7.06. The van der Waals surface area contributed by atoms with Gasteiger partial charge in [-0.25, -0.2) is 14.3 Å². The van der Waals surface area contributed by atoms with Crippen LogP contribution < -0.4 is 0 Å². The van der Waals surface area contributed by atoms with Crippen molar-refractivity contribution in [3.8, 4) is 16.9 Å². The number of ether oxygens (including phenoxy) is 1. The van der Waals surface area contributed by atoms with E-state index < -0.39 is 5.97 Å². The Labute approximate surface area is 157 Å². The average molecular weight is 448 g/mol.